The normalized spacial score (nSPS) is 13.3. The highest BCUT2D eigenvalue weighted by molar-refractivity contribution is 7.89. The number of hydrogen-bond donors (Lipinski definition) is 1. The third-order valence-electron chi connectivity index (χ3n) is 2.88. The topological polar surface area (TPSA) is 72.5 Å². The Morgan fingerprint density at radius 1 is 1.53 bits per heavy atom. The van der Waals surface area contributed by atoms with Crippen LogP contribution in [0.3, 0.4) is 0 Å². The molecule has 5 nitrogen and oxygen atoms in total. The highest BCUT2D eigenvalue weighted by atomic mass is 32.2. The van der Waals surface area contributed by atoms with Gasteiger partial charge in [-0.25, -0.2) is 17.9 Å². The van der Waals surface area contributed by atoms with Crippen molar-refractivity contribution < 1.29 is 17.9 Å². The molecule has 0 radical (unpaired) electrons. The van der Waals surface area contributed by atoms with E-state index in [0.717, 1.165) is 17.8 Å². The van der Waals surface area contributed by atoms with Gasteiger partial charge < -0.3 is 4.74 Å². The van der Waals surface area contributed by atoms with Crippen LogP contribution in [0.15, 0.2) is 10.3 Å². The van der Waals surface area contributed by atoms with Gasteiger partial charge in [-0.3, -0.25) is 0 Å². The van der Waals surface area contributed by atoms with Gasteiger partial charge in [-0.2, -0.15) is 0 Å². The fourth-order valence-corrected chi connectivity index (χ4v) is 4.34. The number of rotatable bonds is 6. The second-order valence-corrected chi connectivity index (χ2v) is 7.02. The molecule has 0 aromatic carbocycles. The maximum atomic E-state index is 12.3. The first kappa shape index (κ1) is 16.1. The first-order chi connectivity index (χ1) is 8.83. The highest BCUT2D eigenvalue weighted by Crippen LogP contribution is 2.27. The summed E-state index contributed by atoms with van der Waals surface area (Å²) in [7, 11) is -2.44. The highest BCUT2D eigenvalue weighted by Gasteiger charge is 2.27. The molecule has 1 rings (SSSR count). The van der Waals surface area contributed by atoms with Crippen molar-refractivity contribution in [3.63, 3.8) is 0 Å². The van der Waals surface area contributed by atoms with Crippen molar-refractivity contribution in [2.75, 3.05) is 13.7 Å². The largest absolute Gasteiger partial charge is 0.465 e. The van der Waals surface area contributed by atoms with Crippen molar-refractivity contribution in [1.29, 1.82) is 0 Å². The molecule has 0 spiro atoms. The van der Waals surface area contributed by atoms with E-state index in [4.69, 9.17) is 0 Å². The van der Waals surface area contributed by atoms with E-state index in [1.165, 1.54) is 7.11 Å². The average molecular weight is 305 g/mol. The zero-order valence-electron chi connectivity index (χ0n) is 11.5. The number of nitrogens with one attached hydrogen (secondary N) is 1. The molecule has 7 heteroatoms. The number of ether oxygens (including phenoxy) is 1. The van der Waals surface area contributed by atoms with Crippen molar-refractivity contribution in [3.05, 3.63) is 15.8 Å². The maximum Gasteiger partial charge on any atom is 0.349 e. The van der Waals surface area contributed by atoms with E-state index in [2.05, 4.69) is 9.46 Å². The lowest BCUT2D eigenvalue weighted by Crippen LogP contribution is -2.29. The summed E-state index contributed by atoms with van der Waals surface area (Å²) in [4.78, 5) is 11.7. The summed E-state index contributed by atoms with van der Waals surface area (Å²) in [5.41, 5.74) is 0.557. The van der Waals surface area contributed by atoms with Gasteiger partial charge in [-0.1, -0.05) is 20.3 Å². The lowest BCUT2D eigenvalue weighted by atomic mass is 10.1. The van der Waals surface area contributed by atoms with Crippen LogP contribution in [0.1, 0.15) is 35.5 Å². The van der Waals surface area contributed by atoms with E-state index >= 15 is 0 Å². The zero-order chi connectivity index (χ0) is 14.6. The standard InChI is InChI=1S/C12H19NO4S2/c1-5-8(2)6-13-19(15,16)11-9(3)7-18-10(11)12(14)17-4/h7-8,13H,5-6H2,1-4H3. The van der Waals surface area contributed by atoms with Gasteiger partial charge in [0.15, 0.2) is 0 Å². The van der Waals surface area contributed by atoms with E-state index in [0.29, 0.717) is 12.1 Å². The summed E-state index contributed by atoms with van der Waals surface area (Å²) in [6.07, 6.45) is 0.884. The molecular weight excluding hydrogens is 286 g/mol. The molecule has 0 saturated carbocycles. The zero-order valence-corrected chi connectivity index (χ0v) is 13.2. The first-order valence-electron chi connectivity index (χ1n) is 5.99. The summed E-state index contributed by atoms with van der Waals surface area (Å²) in [6.45, 7) is 5.98. The maximum absolute atomic E-state index is 12.3. The number of esters is 1. The summed E-state index contributed by atoms with van der Waals surface area (Å²) in [5, 5.41) is 1.64. The van der Waals surface area contributed by atoms with Crippen molar-refractivity contribution in [2.45, 2.75) is 32.1 Å². The molecule has 0 aliphatic carbocycles. The monoisotopic (exact) mass is 305 g/mol. The molecular formula is C12H19NO4S2. The molecule has 0 aliphatic rings. The molecule has 0 saturated heterocycles. The second-order valence-electron chi connectivity index (χ2n) is 4.43. The number of aryl methyl sites for hydroxylation is 1. The van der Waals surface area contributed by atoms with Gasteiger partial charge in [0.05, 0.1) is 7.11 Å². The third kappa shape index (κ3) is 3.77. The van der Waals surface area contributed by atoms with Gasteiger partial charge in [0, 0.05) is 6.54 Å². The van der Waals surface area contributed by atoms with Crippen molar-refractivity contribution >= 4 is 27.3 Å². The molecule has 108 valence electrons. The van der Waals surface area contributed by atoms with Crippen LogP contribution in [-0.4, -0.2) is 28.0 Å². The minimum Gasteiger partial charge on any atom is -0.465 e. The lowest BCUT2D eigenvalue weighted by molar-refractivity contribution is 0.0602. The SMILES string of the molecule is CCC(C)CNS(=O)(=O)c1c(C)csc1C(=O)OC. The number of methoxy groups -OCH3 is 1. The van der Waals surface area contributed by atoms with Gasteiger partial charge in [-0.05, 0) is 23.8 Å². The van der Waals surface area contributed by atoms with E-state index in [9.17, 15) is 13.2 Å². The molecule has 0 bridgehead atoms. The van der Waals surface area contributed by atoms with Crippen molar-refractivity contribution in [1.82, 2.24) is 4.72 Å². The van der Waals surface area contributed by atoms with Crippen molar-refractivity contribution in [3.8, 4) is 0 Å². The van der Waals surface area contributed by atoms with E-state index in [-0.39, 0.29) is 15.7 Å². The fraction of sp³-hybridized carbons (Fsp3) is 0.583. The third-order valence-corrected chi connectivity index (χ3v) is 5.69. The van der Waals surface area contributed by atoms with Crippen LogP contribution in [0.5, 0.6) is 0 Å². The van der Waals surface area contributed by atoms with Crippen LogP contribution in [0.2, 0.25) is 0 Å². The Morgan fingerprint density at radius 2 is 2.16 bits per heavy atom. The Balaban J connectivity index is 3.07. The van der Waals surface area contributed by atoms with E-state index in [1.54, 1.807) is 12.3 Å². The number of thiophene rings is 1. The van der Waals surface area contributed by atoms with E-state index < -0.39 is 16.0 Å². The molecule has 1 unspecified atom stereocenters. The summed E-state index contributed by atoms with van der Waals surface area (Å²) < 4.78 is 31.7. The smallest absolute Gasteiger partial charge is 0.349 e. The quantitative estimate of drug-likeness (QED) is 0.818. The Morgan fingerprint density at radius 3 is 2.68 bits per heavy atom. The fourth-order valence-electron chi connectivity index (χ4n) is 1.47. The van der Waals surface area contributed by atoms with Gasteiger partial charge in [0.2, 0.25) is 10.0 Å². The van der Waals surface area contributed by atoms with Gasteiger partial charge in [0.25, 0.3) is 0 Å². The number of carbonyl (C=O) groups excluding carboxylic acids is 1. The van der Waals surface area contributed by atoms with Crippen LogP contribution in [0, 0.1) is 12.8 Å². The molecule has 0 aliphatic heterocycles. The summed E-state index contributed by atoms with van der Waals surface area (Å²) in [5.74, 6) is -0.377. The van der Waals surface area contributed by atoms with Crippen LogP contribution in [0.25, 0.3) is 0 Å². The number of carbonyl (C=O) groups is 1. The van der Waals surface area contributed by atoms with Crippen LogP contribution in [0.4, 0.5) is 0 Å². The Kier molecular flexibility index (Phi) is 5.51. The second kappa shape index (κ2) is 6.49. The lowest BCUT2D eigenvalue weighted by Gasteiger charge is -2.11. The first-order valence-corrected chi connectivity index (χ1v) is 8.35. The van der Waals surface area contributed by atoms with E-state index in [1.807, 2.05) is 13.8 Å². The summed E-state index contributed by atoms with van der Waals surface area (Å²) >= 11 is 1.08. The van der Waals surface area contributed by atoms with Crippen LogP contribution in [-0.2, 0) is 14.8 Å². The molecule has 19 heavy (non-hydrogen) atoms. The van der Waals surface area contributed by atoms with Crippen LogP contribution >= 0.6 is 11.3 Å². The number of sulfonamides is 1. The molecule has 1 aromatic heterocycles. The van der Waals surface area contributed by atoms with Gasteiger partial charge in [0.1, 0.15) is 9.77 Å². The van der Waals surface area contributed by atoms with Crippen molar-refractivity contribution in [2.24, 2.45) is 5.92 Å². The molecule has 1 aromatic rings. The predicted octanol–water partition coefficient (Wildman–Crippen LogP) is 2.17. The molecule has 1 atom stereocenters. The van der Waals surface area contributed by atoms with Gasteiger partial charge in [-0.15, -0.1) is 11.3 Å². The molecule has 1 N–H and O–H groups in total. The number of hydrogen-bond acceptors (Lipinski definition) is 5. The molecule has 0 amide bonds. The minimum absolute atomic E-state index is 0.0349. The van der Waals surface area contributed by atoms with Crippen LogP contribution < -0.4 is 4.72 Å². The summed E-state index contributed by atoms with van der Waals surface area (Å²) in [6, 6.07) is 0. The minimum atomic E-state index is -3.68. The Bertz CT molecular complexity index is 548. The predicted molar refractivity (Wildman–Crippen MR) is 75.0 cm³/mol. The Labute approximate surface area is 118 Å². The average Bonchev–Trinajstić information content (AvgIpc) is 2.77. The Hall–Kier alpha value is -0.920. The molecule has 1 heterocycles. The molecule has 0 fully saturated rings. The van der Waals surface area contributed by atoms with Gasteiger partial charge >= 0.3 is 5.97 Å².